The van der Waals surface area contributed by atoms with Gasteiger partial charge in [0.15, 0.2) is 0 Å². The van der Waals surface area contributed by atoms with Crippen LogP contribution in [0.2, 0.25) is 0 Å². The monoisotopic (exact) mass is 172 g/mol. The van der Waals surface area contributed by atoms with Gasteiger partial charge in [-0.25, -0.2) is 4.79 Å². The maximum absolute atomic E-state index is 10.2. The van der Waals surface area contributed by atoms with Crippen molar-refractivity contribution in [3.8, 4) is 0 Å². The fourth-order valence-corrected chi connectivity index (χ4v) is 1.72. The van der Waals surface area contributed by atoms with E-state index in [4.69, 9.17) is 9.84 Å². The standard InChI is InChI=1S/C9H16O3/c1-7-3-2-4-8(5-7)12-6-9(10)11/h7-8H,2-6H2,1H3,(H,10,11)/t7-,8+/m1/s1. The fraction of sp³-hybridized carbons (Fsp3) is 0.889. The van der Waals surface area contributed by atoms with Crippen molar-refractivity contribution in [2.45, 2.75) is 38.7 Å². The zero-order valence-electron chi connectivity index (χ0n) is 7.45. The van der Waals surface area contributed by atoms with E-state index in [1.54, 1.807) is 0 Å². The molecule has 3 nitrogen and oxygen atoms in total. The van der Waals surface area contributed by atoms with Crippen LogP contribution in [0, 0.1) is 5.92 Å². The molecule has 0 bridgehead atoms. The number of carbonyl (C=O) groups is 1. The van der Waals surface area contributed by atoms with Gasteiger partial charge in [-0.3, -0.25) is 0 Å². The number of rotatable bonds is 3. The number of carboxylic acid groups (broad SMARTS) is 1. The topological polar surface area (TPSA) is 46.5 Å². The lowest BCUT2D eigenvalue weighted by Gasteiger charge is -2.26. The average Bonchev–Trinajstić information content (AvgIpc) is 2.01. The van der Waals surface area contributed by atoms with Gasteiger partial charge in [-0.1, -0.05) is 19.8 Å². The van der Waals surface area contributed by atoms with Gasteiger partial charge < -0.3 is 9.84 Å². The maximum atomic E-state index is 10.2. The SMILES string of the molecule is C[C@@H]1CCC[C@H](OCC(=O)O)C1. The summed E-state index contributed by atoms with van der Waals surface area (Å²) in [7, 11) is 0. The minimum Gasteiger partial charge on any atom is -0.480 e. The van der Waals surface area contributed by atoms with Crippen LogP contribution >= 0.6 is 0 Å². The van der Waals surface area contributed by atoms with Gasteiger partial charge in [0, 0.05) is 0 Å². The fourth-order valence-electron chi connectivity index (χ4n) is 1.72. The van der Waals surface area contributed by atoms with Crippen LogP contribution in [-0.4, -0.2) is 23.8 Å². The predicted octanol–water partition coefficient (Wildman–Crippen LogP) is 1.67. The van der Waals surface area contributed by atoms with Crippen molar-refractivity contribution in [1.82, 2.24) is 0 Å². The number of hydrogen-bond acceptors (Lipinski definition) is 2. The molecule has 70 valence electrons. The van der Waals surface area contributed by atoms with Gasteiger partial charge in [-0.15, -0.1) is 0 Å². The molecule has 0 aromatic rings. The Morgan fingerprint density at radius 1 is 1.58 bits per heavy atom. The second kappa shape index (κ2) is 4.45. The molecule has 0 amide bonds. The van der Waals surface area contributed by atoms with Gasteiger partial charge in [-0.05, 0) is 18.8 Å². The lowest BCUT2D eigenvalue weighted by Crippen LogP contribution is -2.24. The van der Waals surface area contributed by atoms with Gasteiger partial charge in [0.05, 0.1) is 6.10 Å². The first-order valence-electron chi connectivity index (χ1n) is 4.52. The summed E-state index contributed by atoms with van der Waals surface area (Å²) in [4.78, 5) is 10.2. The Morgan fingerprint density at radius 3 is 2.92 bits per heavy atom. The first-order chi connectivity index (χ1) is 5.68. The van der Waals surface area contributed by atoms with E-state index in [0.717, 1.165) is 12.8 Å². The molecule has 1 saturated carbocycles. The van der Waals surface area contributed by atoms with E-state index < -0.39 is 5.97 Å². The Hall–Kier alpha value is -0.570. The molecule has 1 rings (SSSR count). The number of aliphatic carboxylic acids is 1. The van der Waals surface area contributed by atoms with Crippen LogP contribution in [0.25, 0.3) is 0 Å². The lowest BCUT2D eigenvalue weighted by atomic mass is 9.89. The molecule has 0 saturated heterocycles. The van der Waals surface area contributed by atoms with E-state index in [1.165, 1.54) is 12.8 Å². The second-order valence-corrected chi connectivity index (χ2v) is 3.60. The smallest absolute Gasteiger partial charge is 0.329 e. The minimum absolute atomic E-state index is 0.141. The maximum Gasteiger partial charge on any atom is 0.329 e. The first kappa shape index (κ1) is 9.52. The highest BCUT2D eigenvalue weighted by Crippen LogP contribution is 2.25. The zero-order chi connectivity index (χ0) is 8.97. The van der Waals surface area contributed by atoms with Gasteiger partial charge >= 0.3 is 5.97 Å². The van der Waals surface area contributed by atoms with Crippen molar-refractivity contribution in [3.63, 3.8) is 0 Å². The van der Waals surface area contributed by atoms with E-state index in [-0.39, 0.29) is 12.7 Å². The molecule has 3 heteroatoms. The van der Waals surface area contributed by atoms with Crippen molar-refractivity contribution < 1.29 is 14.6 Å². The molecule has 1 aliphatic rings. The summed E-state index contributed by atoms with van der Waals surface area (Å²) in [6.07, 6.45) is 4.66. The van der Waals surface area contributed by atoms with Crippen molar-refractivity contribution in [2.24, 2.45) is 5.92 Å². The molecular weight excluding hydrogens is 156 g/mol. The first-order valence-corrected chi connectivity index (χ1v) is 4.52. The van der Waals surface area contributed by atoms with E-state index in [1.807, 2.05) is 0 Å². The summed E-state index contributed by atoms with van der Waals surface area (Å²) in [5, 5.41) is 8.39. The summed E-state index contributed by atoms with van der Waals surface area (Å²) < 4.78 is 5.22. The highest BCUT2D eigenvalue weighted by atomic mass is 16.5. The van der Waals surface area contributed by atoms with E-state index in [2.05, 4.69) is 6.92 Å². The summed E-state index contributed by atoms with van der Waals surface area (Å²) >= 11 is 0. The van der Waals surface area contributed by atoms with Crippen molar-refractivity contribution >= 4 is 5.97 Å². The Bertz CT molecular complexity index is 156. The Labute approximate surface area is 72.7 Å². The highest BCUT2D eigenvalue weighted by Gasteiger charge is 2.19. The molecule has 1 N–H and O–H groups in total. The third-order valence-electron chi connectivity index (χ3n) is 2.33. The molecule has 12 heavy (non-hydrogen) atoms. The van der Waals surface area contributed by atoms with E-state index >= 15 is 0 Å². The third-order valence-corrected chi connectivity index (χ3v) is 2.33. The van der Waals surface area contributed by atoms with Gasteiger partial charge in [-0.2, -0.15) is 0 Å². The predicted molar refractivity (Wildman–Crippen MR) is 45.0 cm³/mol. The summed E-state index contributed by atoms with van der Waals surface area (Å²) in [5.74, 6) is -0.175. The molecule has 0 heterocycles. The minimum atomic E-state index is -0.867. The van der Waals surface area contributed by atoms with Crippen LogP contribution < -0.4 is 0 Å². The second-order valence-electron chi connectivity index (χ2n) is 3.60. The van der Waals surface area contributed by atoms with Crippen LogP contribution in [0.4, 0.5) is 0 Å². The van der Waals surface area contributed by atoms with Gasteiger partial charge in [0.25, 0.3) is 0 Å². The Morgan fingerprint density at radius 2 is 2.33 bits per heavy atom. The molecule has 0 aliphatic heterocycles. The largest absolute Gasteiger partial charge is 0.480 e. The van der Waals surface area contributed by atoms with Crippen LogP contribution in [0.1, 0.15) is 32.6 Å². The third kappa shape index (κ3) is 3.22. The highest BCUT2D eigenvalue weighted by molar-refractivity contribution is 5.68. The molecule has 0 unspecified atom stereocenters. The lowest BCUT2D eigenvalue weighted by molar-refractivity contribution is -0.145. The van der Waals surface area contributed by atoms with Gasteiger partial charge in [0.2, 0.25) is 0 Å². The van der Waals surface area contributed by atoms with Crippen molar-refractivity contribution in [1.29, 1.82) is 0 Å². The van der Waals surface area contributed by atoms with Crippen LogP contribution in [0.3, 0.4) is 0 Å². The Balaban J connectivity index is 2.18. The van der Waals surface area contributed by atoms with Gasteiger partial charge in [0.1, 0.15) is 6.61 Å². The normalized spacial score (nSPS) is 30.1. The van der Waals surface area contributed by atoms with Crippen LogP contribution in [0.5, 0.6) is 0 Å². The average molecular weight is 172 g/mol. The molecule has 0 aromatic heterocycles. The zero-order valence-corrected chi connectivity index (χ0v) is 7.45. The molecule has 0 spiro atoms. The Kier molecular flexibility index (Phi) is 3.53. The van der Waals surface area contributed by atoms with Crippen molar-refractivity contribution in [3.05, 3.63) is 0 Å². The molecule has 1 fully saturated rings. The van der Waals surface area contributed by atoms with Crippen LogP contribution in [0.15, 0.2) is 0 Å². The summed E-state index contributed by atoms with van der Waals surface area (Å²) in [6.45, 7) is 2.05. The molecular formula is C9H16O3. The van der Waals surface area contributed by atoms with Crippen molar-refractivity contribution in [2.75, 3.05) is 6.61 Å². The quantitative estimate of drug-likeness (QED) is 0.704. The van der Waals surface area contributed by atoms with E-state index in [9.17, 15) is 4.79 Å². The number of carboxylic acids is 1. The summed E-state index contributed by atoms with van der Waals surface area (Å²) in [5.41, 5.74) is 0. The number of hydrogen-bond donors (Lipinski definition) is 1. The van der Waals surface area contributed by atoms with Crippen LogP contribution in [-0.2, 0) is 9.53 Å². The molecule has 1 aliphatic carbocycles. The van der Waals surface area contributed by atoms with E-state index in [0.29, 0.717) is 5.92 Å². The molecule has 0 aromatic carbocycles. The number of ether oxygens (including phenoxy) is 1. The molecule has 0 radical (unpaired) electrons. The molecule has 2 atom stereocenters. The summed E-state index contributed by atoms with van der Waals surface area (Å²) in [6, 6.07) is 0.